The molecule has 1 aliphatic rings. The number of carbonyl (C=O) groups is 2. The van der Waals surface area contributed by atoms with E-state index in [1.807, 2.05) is 9.80 Å². The molecule has 0 saturated carbocycles. The quantitative estimate of drug-likeness (QED) is 0.555. The smallest absolute Gasteiger partial charge is 0.222 e. The monoisotopic (exact) mass is 338 g/mol. The molecule has 24 heavy (non-hydrogen) atoms. The molecular formula is C20H38N2O2. The van der Waals surface area contributed by atoms with Gasteiger partial charge in [-0.05, 0) is 26.7 Å². The molecule has 140 valence electrons. The Morgan fingerprint density at radius 3 is 1.42 bits per heavy atom. The van der Waals surface area contributed by atoms with E-state index < -0.39 is 0 Å². The molecule has 2 unspecified atom stereocenters. The predicted molar refractivity (Wildman–Crippen MR) is 99.9 cm³/mol. The van der Waals surface area contributed by atoms with Gasteiger partial charge in [0, 0.05) is 38.0 Å². The van der Waals surface area contributed by atoms with Crippen LogP contribution in [0.3, 0.4) is 0 Å². The molecule has 4 heteroatoms. The average Bonchev–Trinajstić information content (AvgIpc) is 2.57. The number of unbranched alkanes of at least 4 members (excludes halogenated alkanes) is 6. The van der Waals surface area contributed by atoms with Crippen molar-refractivity contribution in [3.8, 4) is 0 Å². The second-order valence-corrected chi connectivity index (χ2v) is 7.41. The van der Waals surface area contributed by atoms with Crippen LogP contribution >= 0.6 is 0 Å². The van der Waals surface area contributed by atoms with Gasteiger partial charge < -0.3 is 9.80 Å². The summed E-state index contributed by atoms with van der Waals surface area (Å²) in [5.74, 6) is 0.529. The van der Waals surface area contributed by atoms with Gasteiger partial charge in [0.15, 0.2) is 0 Å². The zero-order valence-electron chi connectivity index (χ0n) is 16.4. The third-order valence-corrected chi connectivity index (χ3v) is 5.12. The standard InChI is InChI=1S/C20H38N2O2/c1-5-7-9-11-13-19(23)21-15-18(4)22(16-17(21)3)20(24)14-12-10-8-6-2/h17-18H,5-16H2,1-4H3. The first-order valence-electron chi connectivity index (χ1n) is 10.1. The van der Waals surface area contributed by atoms with Crippen LogP contribution in [0.5, 0.6) is 0 Å². The van der Waals surface area contributed by atoms with E-state index in [0.717, 1.165) is 25.7 Å². The highest BCUT2D eigenvalue weighted by Gasteiger charge is 2.33. The maximum Gasteiger partial charge on any atom is 0.222 e. The van der Waals surface area contributed by atoms with Crippen LogP contribution in [0.1, 0.15) is 91.9 Å². The van der Waals surface area contributed by atoms with Crippen molar-refractivity contribution in [3.05, 3.63) is 0 Å². The molecule has 4 nitrogen and oxygen atoms in total. The summed E-state index contributed by atoms with van der Waals surface area (Å²) >= 11 is 0. The molecule has 0 radical (unpaired) electrons. The number of amides is 2. The lowest BCUT2D eigenvalue weighted by Gasteiger charge is -2.44. The number of rotatable bonds is 10. The summed E-state index contributed by atoms with van der Waals surface area (Å²) in [6, 6.07) is 0.277. The van der Waals surface area contributed by atoms with Gasteiger partial charge in [0.05, 0.1) is 0 Å². The maximum absolute atomic E-state index is 12.5. The van der Waals surface area contributed by atoms with Crippen molar-refractivity contribution in [2.75, 3.05) is 13.1 Å². The highest BCUT2D eigenvalue weighted by Crippen LogP contribution is 2.19. The largest absolute Gasteiger partial charge is 0.336 e. The Morgan fingerprint density at radius 2 is 1.08 bits per heavy atom. The Kier molecular flexibility index (Phi) is 10.0. The molecule has 0 aromatic rings. The van der Waals surface area contributed by atoms with Crippen LogP contribution in [0, 0.1) is 0 Å². The number of hydrogen-bond donors (Lipinski definition) is 0. The summed E-state index contributed by atoms with van der Waals surface area (Å²) in [6.45, 7) is 9.90. The van der Waals surface area contributed by atoms with Crippen molar-refractivity contribution in [2.45, 2.75) is 104 Å². The molecule has 0 N–H and O–H groups in total. The minimum Gasteiger partial charge on any atom is -0.336 e. The van der Waals surface area contributed by atoms with Crippen molar-refractivity contribution in [3.63, 3.8) is 0 Å². The lowest BCUT2D eigenvalue weighted by atomic mass is 10.0. The molecule has 1 aliphatic heterocycles. The molecule has 1 saturated heterocycles. The van der Waals surface area contributed by atoms with E-state index in [4.69, 9.17) is 0 Å². The molecule has 2 atom stereocenters. The second kappa shape index (κ2) is 11.5. The fourth-order valence-corrected chi connectivity index (χ4v) is 3.51. The molecule has 1 fully saturated rings. The average molecular weight is 339 g/mol. The van der Waals surface area contributed by atoms with Gasteiger partial charge in [-0.1, -0.05) is 52.4 Å². The predicted octanol–water partition coefficient (Wildman–Crippen LogP) is 4.38. The fourth-order valence-electron chi connectivity index (χ4n) is 3.51. The first-order valence-corrected chi connectivity index (χ1v) is 10.1. The van der Waals surface area contributed by atoms with Crippen LogP contribution in [0.4, 0.5) is 0 Å². The minimum atomic E-state index is 0.138. The van der Waals surface area contributed by atoms with E-state index in [-0.39, 0.29) is 23.9 Å². The van der Waals surface area contributed by atoms with Crippen molar-refractivity contribution in [1.29, 1.82) is 0 Å². The van der Waals surface area contributed by atoms with Crippen LogP contribution < -0.4 is 0 Å². The molecule has 0 bridgehead atoms. The van der Waals surface area contributed by atoms with E-state index in [2.05, 4.69) is 27.7 Å². The first kappa shape index (κ1) is 21.0. The van der Waals surface area contributed by atoms with Crippen LogP contribution in [0.25, 0.3) is 0 Å². The first-order chi connectivity index (χ1) is 11.5. The van der Waals surface area contributed by atoms with Gasteiger partial charge in [-0.25, -0.2) is 0 Å². The van der Waals surface area contributed by atoms with Crippen LogP contribution in [-0.2, 0) is 9.59 Å². The highest BCUT2D eigenvalue weighted by atomic mass is 16.2. The number of piperazine rings is 1. The molecule has 0 aromatic carbocycles. The summed E-state index contributed by atoms with van der Waals surface area (Å²) in [5, 5.41) is 0. The summed E-state index contributed by atoms with van der Waals surface area (Å²) < 4.78 is 0. The lowest BCUT2D eigenvalue weighted by molar-refractivity contribution is -0.145. The van der Waals surface area contributed by atoms with Gasteiger partial charge in [0.2, 0.25) is 11.8 Å². The van der Waals surface area contributed by atoms with Crippen molar-refractivity contribution in [2.24, 2.45) is 0 Å². The second-order valence-electron chi connectivity index (χ2n) is 7.41. The lowest BCUT2D eigenvalue weighted by Crippen LogP contribution is -2.59. The van der Waals surface area contributed by atoms with Gasteiger partial charge >= 0.3 is 0 Å². The third kappa shape index (κ3) is 6.82. The van der Waals surface area contributed by atoms with E-state index in [0.29, 0.717) is 25.9 Å². The Balaban J connectivity index is 2.42. The van der Waals surface area contributed by atoms with E-state index in [1.54, 1.807) is 0 Å². The zero-order valence-corrected chi connectivity index (χ0v) is 16.4. The highest BCUT2D eigenvalue weighted by molar-refractivity contribution is 5.79. The Labute approximate surface area is 149 Å². The summed E-state index contributed by atoms with van der Waals surface area (Å²) in [7, 11) is 0. The number of carbonyl (C=O) groups excluding carboxylic acids is 2. The molecular weight excluding hydrogens is 300 g/mol. The number of hydrogen-bond acceptors (Lipinski definition) is 2. The zero-order chi connectivity index (χ0) is 17.9. The summed E-state index contributed by atoms with van der Waals surface area (Å²) in [4.78, 5) is 28.9. The Morgan fingerprint density at radius 1 is 0.708 bits per heavy atom. The maximum atomic E-state index is 12.5. The molecule has 1 heterocycles. The normalized spacial score (nSPS) is 21.2. The van der Waals surface area contributed by atoms with E-state index >= 15 is 0 Å². The molecule has 2 amide bonds. The SMILES string of the molecule is CCCCCCC(=O)N1CC(C)N(C(=O)CCCCCC)CC1C. The summed E-state index contributed by atoms with van der Waals surface area (Å²) in [5.41, 5.74) is 0. The fraction of sp³-hybridized carbons (Fsp3) is 0.900. The topological polar surface area (TPSA) is 40.6 Å². The molecule has 1 rings (SSSR count). The Bertz CT molecular complexity index is 348. The Hall–Kier alpha value is -1.06. The van der Waals surface area contributed by atoms with Gasteiger partial charge in [-0.3, -0.25) is 9.59 Å². The van der Waals surface area contributed by atoms with Crippen LogP contribution in [0.2, 0.25) is 0 Å². The molecule has 0 aliphatic carbocycles. The van der Waals surface area contributed by atoms with E-state index in [1.165, 1.54) is 25.7 Å². The third-order valence-electron chi connectivity index (χ3n) is 5.12. The summed E-state index contributed by atoms with van der Waals surface area (Å²) in [6.07, 6.45) is 10.4. The molecule has 0 spiro atoms. The molecule has 0 aromatic heterocycles. The van der Waals surface area contributed by atoms with E-state index in [9.17, 15) is 9.59 Å². The van der Waals surface area contributed by atoms with Gasteiger partial charge in [-0.2, -0.15) is 0 Å². The minimum absolute atomic E-state index is 0.138. The number of nitrogens with zero attached hydrogens (tertiary/aromatic N) is 2. The van der Waals surface area contributed by atoms with Crippen molar-refractivity contribution in [1.82, 2.24) is 9.80 Å². The van der Waals surface area contributed by atoms with Crippen molar-refractivity contribution >= 4 is 11.8 Å². The van der Waals surface area contributed by atoms with Gasteiger partial charge in [-0.15, -0.1) is 0 Å². The van der Waals surface area contributed by atoms with Gasteiger partial charge in [0.1, 0.15) is 0 Å². The van der Waals surface area contributed by atoms with Gasteiger partial charge in [0.25, 0.3) is 0 Å². The van der Waals surface area contributed by atoms with Crippen LogP contribution in [-0.4, -0.2) is 46.8 Å². The van der Waals surface area contributed by atoms with Crippen LogP contribution in [0.15, 0.2) is 0 Å². The van der Waals surface area contributed by atoms with Crippen molar-refractivity contribution < 1.29 is 9.59 Å².